The summed E-state index contributed by atoms with van der Waals surface area (Å²) in [5, 5.41) is 0.330. The first-order valence-corrected chi connectivity index (χ1v) is 7.77. The van der Waals surface area contributed by atoms with E-state index < -0.39 is 0 Å². The van der Waals surface area contributed by atoms with Crippen molar-refractivity contribution in [1.82, 2.24) is 4.90 Å². The summed E-state index contributed by atoms with van der Waals surface area (Å²) >= 11 is 1.86. The van der Waals surface area contributed by atoms with Gasteiger partial charge in [0.15, 0.2) is 11.5 Å². The Balaban J connectivity index is 1.97. The van der Waals surface area contributed by atoms with Crippen molar-refractivity contribution in [3.63, 3.8) is 0 Å². The van der Waals surface area contributed by atoms with E-state index in [1.807, 2.05) is 11.8 Å². The molecule has 4 heteroatoms. The first kappa shape index (κ1) is 14.3. The summed E-state index contributed by atoms with van der Waals surface area (Å²) in [4.78, 5) is 3.62. The predicted octanol–water partition coefficient (Wildman–Crippen LogP) is 3.94. The summed E-state index contributed by atoms with van der Waals surface area (Å²) in [5.74, 6) is 1.59. The van der Waals surface area contributed by atoms with Crippen LogP contribution in [0.1, 0.15) is 16.5 Å². The van der Waals surface area contributed by atoms with Gasteiger partial charge in [0.25, 0.3) is 0 Å². The lowest BCUT2D eigenvalue weighted by Gasteiger charge is -2.34. The van der Waals surface area contributed by atoms with Gasteiger partial charge in [-0.05, 0) is 30.3 Å². The molecule has 0 N–H and O–H groups in total. The number of hydrogen-bond acceptors (Lipinski definition) is 4. The maximum Gasteiger partial charge on any atom is 0.161 e. The molecule has 3 nitrogen and oxygen atoms in total. The number of rotatable bonds is 3. The van der Waals surface area contributed by atoms with E-state index in [0.29, 0.717) is 5.37 Å². The zero-order chi connectivity index (χ0) is 14.8. The molecule has 0 saturated heterocycles. The lowest BCUT2D eigenvalue weighted by molar-refractivity contribution is 0.298. The van der Waals surface area contributed by atoms with Crippen LogP contribution in [-0.4, -0.2) is 26.2 Å². The van der Waals surface area contributed by atoms with Gasteiger partial charge in [0.1, 0.15) is 0 Å². The van der Waals surface area contributed by atoms with Gasteiger partial charge >= 0.3 is 0 Å². The predicted molar refractivity (Wildman–Crippen MR) is 86.1 cm³/mol. The van der Waals surface area contributed by atoms with E-state index in [4.69, 9.17) is 9.47 Å². The van der Waals surface area contributed by atoms with Crippen LogP contribution in [0.3, 0.4) is 0 Å². The van der Waals surface area contributed by atoms with E-state index in [-0.39, 0.29) is 0 Å². The Hall–Kier alpha value is -1.65. The van der Waals surface area contributed by atoms with Crippen molar-refractivity contribution in [3.05, 3.63) is 53.6 Å². The number of ether oxygens (including phenoxy) is 2. The Morgan fingerprint density at radius 2 is 1.71 bits per heavy atom. The third kappa shape index (κ3) is 2.74. The van der Waals surface area contributed by atoms with Crippen LogP contribution in [0.25, 0.3) is 0 Å². The van der Waals surface area contributed by atoms with E-state index in [9.17, 15) is 0 Å². The van der Waals surface area contributed by atoms with Gasteiger partial charge in [-0.25, -0.2) is 0 Å². The summed E-state index contributed by atoms with van der Waals surface area (Å²) < 4.78 is 10.8. The fourth-order valence-electron chi connectivity index (χ4n) is 2.64. The van der Waals surface area contributed by atoms with Gasteiger partial charge in [-0.3, -0.25) is 4.90 Å². The van der Waals surface area contributed by atoms with E-state index >= 15 is 0 Å². The Bertz CT molecular complexity index is 630. The van der Waals surface area contributed by atoms with Gasteiger partial charge in [0, 0.05) is 11.4 Å². The van der Waals surface area contributed by atoms with Crippen LogP contribution in [0.15, 0.2) is 47.4 Å². The molecule has 110 valence electrons. The molecule has 0 saturated carbocycles. The van der Waals surface area contributed by atoms with Crippen molar-refractivity contribution < 1.29 is 9.47 Å². The molecule has 1 heterocycles. The normalized spacial score (nSPS) is 18.1. The molecule has 0 amide bonds. The van der Waals surface area contributed by atoms with Gasteiger partial charge in [-0.1, -0.05) is 30.3 Å². The topological polar surface area (TPSA) is 21.7 Å². The number of benzene rings is 2. The van der Waals surface area contributed by atoms with E-state index in [0.717, 1.165) is 18.0 Å². The molecule has 1 unspecified atom stereocenters. The van der Waals surface area contributed by atoms with Crippen LogP contribution in [0.4, 0.5) is 0 Å². The van der Waals surface area contributed by atoms with Crippen LogP contribution in [0.2, 0.25) is 0 Å². The minimum Gasteiger partial charge on any atom is -0.493 e. The quantitative estimate of drug-likeness (QED) is 0.856. The molecule has 2 aromatic rings. The molecule has 0 aromatic heterocycles. The van der Waals surface area contributed by atoms with Crippen LogP contribution < -0.4 is 9.47 Å². The zero-order valence-corrected chi connectivity index (χ0v) is 13.3. The van der Waals surface area contributed by atoms with Gasteiger partial charge in [0.05, 0.1) is 19.6 Å². The Morgan fingerprint density at radius 3 is 2.38 bits per heavy atom. The number of fused-ring (bicyclic) bond motifs is 1. The van der Waals surface area contributed by atoms with Crippen molar-refractivity contribution in [3.8, 4) is 11.5 Å². The smallest absolute Gasteiger partial charge is 0.161 e. The van der Waals surface area contributed by atoms with Crippen molar-refractivity contribution in [2.24, 2.45) is 0 Å². The first-order valence-electron chi connectivity index (χ1n) is 6.89. The van der Waals surface area contributed by atoms with E-state index in [2.05, 4.69) is 54.4 Å². The highest BCUT2D eigenvalue weighted by Crippen LogP contribution is 2.47. The molecule has 0 aliphatic carbocycles. The minimum atomic E-state index is 0.330. The second kappa shape index (κ2) is 6.00. The fourth-order valence-corrected chi connectivity index (χ4v) is 3.88. The molecular weight excluding hydrogens is 282 g/mol. The Kier molecular flexibility index (Phi) is 4.08. The molecule has 0 bridgehead atoms. The lowest BCUT2D eigenvalue weighted by atomic mass is 10.1. The van der Waals surface area contributed by atoms with Gasteiger partial charge in [-0.15, -0.1) is 11.8 Å². The molecule has 0 radical (unpaired) electrons. The number of nitrogens with zero attached hydrogens (tertiary/aromatic N) is 1. The van der Waals surface area contributed by atoms with Gasteiger partial charge < -0.3 is 9.47 Å². The monoisotopic (exact) mass is 301 g/mol. The molecule has 1 aliphatic heterocycles. The SMILES string of the molecule is COc1cc2c(cc1OC)SC(c1ccccc1)N(C)C2. The second-order valence-electron chi connectivity index (χ2n) is 5.11. The minimum absolute atomic E-state index is 0.330. The molecule has 0 spiro atoms. The average Bonchev–Trinajstić information content (AvgIpc) is 2.53. The number of hydrogen-bond donors (Lipinski definition) is 0. The number of thioether (sulfide) groups is 1. The van der Waals surface area contributed by atoms with Crippen LogP contribution >= 0.6 is 11.8 Å². The summed E-state index contributed by atoms with van der Waals surface area (Å²) in [6.45, 7) is 0.905. The van der Waals surface area contributed by atoms with Crippen LogP contribution in [0.5, 0.6) is 11.5 Å². The molecule has 1 atom stereocenters. The second-order valence-corrected chi connectivity index (χ2v) is 6.23. The van der Waals surface area contributed by atoms with Crippen LogP contribution in [0, 0.1) is 0 Å². The third-order valence-corrected chi connectivity index (χ3v) is 5.20. The largest absolute Gasteiger partial charge is 0.493 e. The van der Waals surface area contributed by atoms with Crippen LogP contribution in [-0.2, 0) is 6.54 Å². The first-order chi connectivity index (χ1) is 10.2. The van der Waals surface area contributed by atoms with Crippen molar-refractivity contribution in [1.29, 1.82) is 0 Å². The molecule has 0 fully saturated rings. The molecule has 21 heavy (non-hydrogen) atoms. The summed E-state index contributed by atoms with van der Waals surface area (Å²) in [7, 11) is 5.51. The number of methoxy groups -OCH3 is 2. The maximum absolute atomic E-state index is 5.42. The summed E-state index contributed by atoms with van der Waals surface area (Å²) in [5.41, 5.74) is 2.61. The maximum atomic E-state index is 5.42. The Morgan fingerprint density at radius 1 is 1.05 bits per heavy atom. The summed E-state index contributed by atoms with van der Waals surface area (Å²) in [6.07, 6.45) is 0. The highest BCUT2D eigenvalue weighted by atomic mass is 32.2. The van der Waals surface area contributed by atoms with Crippen molar-refractivity contribution in [2.75, 3.05) is 21.3 Å². The van der Waals surface area contributed by atoms with Gasteiger partial charge in [-0.2, -0.15) is 0 Å². The fraction of sp³-hybridized carbons (Fsp3) is 0.294. The molecule has 1 aliphatic rings. The van der Waals surface area contributed by atoms with Crippen molar-refractivity contribution in [2.45, 2.75) is 16.8 Å². The lowest BCUT2D eigenvalue weighted by Crippen LogP contribution is -2.25. The highest BCUT2D eigenvalue weighted by Gasteiger charge is 2.26. The van der Waals surface area contributed by atoms with Gasteiger partial charge in [0.2, 0.25) is 0 Å². The summed E-state index contributed by atoms with van der Waals surface area (Å²) in [6, 6.07) is 14.8. The molecule has 3 rings (SSSR count). The third-order valence-electron chi connectivity index (χ3n) is 3.71. The Labute approximate surface area is 129 Å². The standard InChI is InChI=1S/C17H19NO2S/c1-18-11-13-9-14(19-2)15(20-3)10-16(13)21-17(18)12-7-5-4-6-8-12/h4-10,17H,11H2,1-3H3. The molecular formula is C17H19NO2S. The zero-order valence-electron chi connectivity index (χ0n) is 12.5. The van der Waals surface area contributed by atoms with E-state index in [1.165, 1.54) is 16.0 Å². The highest BCUT2D eigenvalue weighted by molar-refractivity contribution is 7.99. The average molecular weight is 301 g/mol. The van der Waals surface area contributed by atoms with Crippen molar-refractivity contribution >= 4 is 11.8 Å². The molecule has 2 aromatic carbocycles. The van der Waals surface area contributed by atoms with E-state index in [1.54, 1.807) is 14.2 Å².